The van der Waals surface area contributed by atoms with E-state index in [-0.39, 0.29) is 10.6 Å². The molecule has 0 fully saturated rings. The van der Waals surface area contributed by atoms with Crippen molar-refractivity contribution in [3.63, 3.8) is 0 Å². The number of halogens is 5. The van der Waals surface area contributed by atoms with E-state index < -0.39 is 18.4 Å². The van der Waals surface area contributed by atoms with Crippen LogP contribution >= 0.6 is 11.6 Å². The molecule has 0 saturated heterocycles. The number of allylic oxidation sites excluding steroid dienone is 1. The van der Waals surface area contributed by atoms with Gasteiger partial charge in [-0.1, -0.05) is 29.8 Å². The Morgan fingerprint density at radius 2 is 1.93 bits per heavy atom. The summed E-state index contributed by atoms with van der Waals surface area (Å²) in [6.45, 7) is 0. The Hall–Kier alpha value is -1.03. The number of alkyl halides is 3. The first-order valence-electron chi connectivity index (χ1n) is 4.07. The summed E-state index contributed by atoms with van der Waals surface area (Å²) < 4.78 is 48.3. The molecule has 1 aromatic carbocycles. The molecule has 5 heteroatoms. The molecule has 0 amide bonds. The van der Waals surface area contributed by atoms with Crippen molar-refractivity contribution in [2.24, 2.45) is 0 Å². The smallest absolute Gasteiger partial charge is 0.206 e. The van der Waals surface area contributed by atoms with Gasteiger partial charge in [-0.2, -0.15) is 13.2 Å². The van der Waals surface area contributed by atoms with E-state index in [0.717, 1.165) is 18.2 Å². The third-order valence-electron chi connectivity index (χ3n) is 1.61. The van der Waals surface area contributed by atoms with E-state index in [2.05, 4.69) is 0 Å². The maximum atomic E-state index is 13.1. The van der Waals surface area contributed by atoms with E-state index in [4.69, 9.17) is 11.6 Å². The molecule has 0 aliphatic carbocycles. The van der Waals surface area contributed by atoms with Gasteiger partial charge in [-0.25, -0.2) is 4.39 Å². The summed E-state index contributed by atoms with van der Waals surface area (Å²) >= 11 is 5.48. The highest BCUT2D eigenvalue weighted by Gasteiger charge is 2.24. The van der Waals surface area contributed by atoms with Crippen molar-refractivity contribution in [1.29, 1.82) is 0 Å². The molecule has 0 saturated carbocycles. The minimum atomic E-state index is -4.26. The number of hydrogen-bond acceptors (Lipinski definition) is 0. The van der Waals surface area contributed by atoms with Crippen LogP contribution < -0.4 is 0 Å². The molecule has 0 unspecified atom stereocenters. The molecular formula is C10H7ClF4. The summed E-state index contributed by atoms with van der Waals surface area (Å²) in [7, 11) is 0. The summed E-state index contributed by atoms with van der Waals surface area (Å²) in [5, 5.41) is 0.209. The second kappa shape index (κ2) is 4.66. The lowest BCUT2D eigenvalue weighted by Crippen LogP contribution is -2.03. The third-order valence-corrected chi connectivity index (χ3v) is 1.84. The molecule has 0 radical (unpaired) electrons. The molecule has 0 nitrogen and oxygen atoms in total. The number of hydrogen-bond donors (Lipinski definition) is 0. The quantitative estimate of drug-likeness (QED) is 0.668. The zero-order valence-electron chi connectivity index (χ0n) is 7.48. The van der Waals surface area contributed by atoms with E-state index in [1.165, 1.54) is 12.1 Å². The Kier molecular flexibility index (Phi) is 3.74. The van der Waals surface area contributed by atoms with Crippen molar-refractivity contribution in [3.8, 4) is 0 Å². The molecule has 0 bridgehead atoms. The van der Waals surface area contributed by atoms with Gasteiger partial charge in [0.2, 0.25) is 0 Å². The molecule has 1 rings (SSSR count). The highest BCUT2D eigenvalue weighted by atomic mass is 35.5. The molecule has 0 atom stereocenters. The Labute approximate surface area is 89.2 Å². The molecule has 1 aromatic rings. The molecule has 0 aromatic heterocycles. The summed E-state index contributed by atoms with van der Waals surface area (Å²) in [5.74, 6) is -0.638. The lowest BCUT2D eigenvalue weighted by atomic mass is 10.2. The average Bonchev–Trinajstić information content (AvgIpc) is 2.07. The van der Waals surface area contributed by atoms with Crippen molar-refractivity contribution in [2.45, 2.75) is 12.6 Å². The molecule has 82 valence electrons. The Morgan fingerprint density at radius 3 is 2.47 bits per heavy atom. The second-order valence-corrected chi connectivity index (χ2v) is 3.32. The monoisotopic (exact) mass is 238 g/mol. The lowest BCUT2D eigenvalue weighted by Gasteiger charge is -2.01. The Bertz CT molecular complexity index is 368. The second-order valence-electron chi connectivity index (χ2n) is 2.89. The van der Waals surface area contributed by atoms with Crippen LogP contribution in [0.5, 0.6) is 0 Å². The number of benzene rings is 1. The molecule has 0 N–H and O–H groups in total. The fourth-order valence-electron chi connectivity index (χ4n) is 0.956. The zero-order chi connectivity index (χ0) is 11.5. The van der Waals surface area contributed by atoms with E-state index in [0.29, 0.717) is 0 Å². The fraction of sp³-hybridized carbons (Fsp3) is 0.200. The van der Waals surface area contributed by atoms with Crippen LogP contribution in [0.25, 0.3) is 6.08 Å². The van der Waals surface area contributed by atoms with Gasteiger partial charge in [0, 0.05) is 10.6 Å². The molecule has 0 aliphatic rings. The summed E-state index contributed by atoms with van der Waals surface area (Å²) in [4.78, 5) is 0. The van der Waals surface area contributed by atoms with Gasteiger partial charge in [-0.05, 0) is 12.1 Å². The standard InChI is InChI=1S/C10H7ClF4/c11-8-4-3-7(9(12)6-8)2-1-5-10(13,14)15/h1-4,6H,5H2. The van der Waals surface area contributed by atoms with Gasteiger partial charge < -0.3 is 0 Å². The average molecular weight is 239 g/mol. The van der Waals surface area contributed by atoms with Crippen molar-refractivity contribution < 1.29 is 17.6 Å². The Balaban J connectivity index is 2.73. The van der Waals surface area contributed by atoms with Gasteiger partial charge >= 0.3 is 6.18 Å². The van der Waals surface area contributed by atoms with Gasteiger partial charge in [0.05, 0.1) is 6.42 Å². The van der Waals surface area contributed by atoms with E-state index in [1.807, 2.05) is 0 Å². The molecule has 0 spiro atoms. The topological polar surface area (TPSA) is 0 Å². The van der Waals surface area contributed by atoms with Crippen LogP contribution in [0.2, 0.25) is 5.02 Å². The zero-order valence-corrected chi connectivity index (χ0v) is 8.24. The maximum absolute atomic E-state index is 13.1. The predicted octanol–water partition coefficient (Wildman–Crippen LogP) is 4.44. The van der Waals surface area contributed by atoms with Gasteiger partial charge in [-0.15, -0.1) is 0 Å². The highest BCUT2D eigenvalue weighted by molar-refractivity contribution is 6.30. The van der Waals surface area contributed by atoms with Crippen LogP contribution in [0.3, 0.4) is 0 Å². The lowest BCUT2D eigenvalue weighted by molar-refractivity contribution is -0.124. The first kappa shape index (κ1) is 12.0. The SMILES string of the molecule is Fc1cc(Cl)ccc1C=CCC(F)(F)F. The van der Waals surface area contributed by atoms with Crippen LogP contribution in [0, 0.1) is 5.82 Å². The van der Waals surface area contributed by atoms with Gasteiger partial charge in [0.1, 0.15) is 5.82 Å². The molecule has 0 aliphatic heterocycles. The third kappa shape index (κ3) is 4.34. The summed E-state index contributed by atoms with van der Waals surface area (Å²) in [6, 6.07) is 3.79. The van der Waals surface area contributed by atoms with Crippen LogP contribution in [0.15, 0.2) is 24.3 Å². The minimum Gasteiger partial charge on any atom is -0.206 e. The van der Waals surface area contributed by atoms with E-state index in [1.54, 1.807) is 0 Å². The van der Waals surface area contributed by atoms with Crippen LogP contribution in [0.1, 0.15) is 12.0 Å². The first-order chi connectivity index (χ1) is 6.88. The highest BCUT2D eigenvalue weighted by Crippen LogP contribution is 2.21. The van der Waals surface area contributed by atoms with Crippen LogP contribution in [0.4, 0.5) is 17.6 Å². The van der Waals surface area contributed by atoms with Crippen molar-refractivity contribution in [1.82, 2.24) is 0 Å². The van der Waals surface area contributed by atoms with Crippen LogP contribution in [-0.4, -0.2) is 6.18 Å². The van der Waals surface area contributed by atoms with Gasteiger partial charge in [-0.3, -0.25) is 0 Å². The number of rotatable bonds is 2. The van der Waals surface area contributed by atoms with E-state index in [9.17, 15) is 17.6 Å². The van der Waals surface area contributed by atoms with Crippen LogP contribution in [-0.2, 0) is 0 Å². The maximum Gasteiger partial charge on any atom is 0.392 e. The molecular weight excluding hydrogens is 232 g/mol. The van der Waals surface area contributed by atoms with Crippen molar-refractivity contribution >= 4 is 17.7 Å². The Morgan fingerprint density at radius 1 is 1.27 bits per heavy atom. The van der Waals surface area contributed by atoms with E-state index >= 15 is 0 Å². The predicted molar refractivity (Wildman–Crippen MR) is 51.1 cm³/mol. The first-order valence-corrected chi connectivity index (χ1v) is 4.44. The molecule has 0 heterocycles. The summed E-state index contributed by atoms with van der Waals surface area (Å²) in [6.07, 6.45) is -3.39. The van der Waals surface area contributed by atoms with Crippen molar-refractivity contribution in [3.05, 3.63) is 40.7 Å². The van der Waals surface area contributed by atoms with Gasteiger partial charge in [0.25, 0.3) is 0 Å². The van der Waals surface area contributed by atoms with Gasteiger partial charge in [0.15, 0.2) is 0 Å². The normalized spacial score (nSPS) is 12.3. The largest absolute Gasteiger partial charge is 0.392 e. The fourth-order valence-corrected chi connectivity index (χ4v) is 1.11. The minimum absolute atomic E-state index is 0.0867. The molecule has 15 heavy (non-hydrogen) atoms. The van der Waals surface area contributed by atoms with Crippen molar-refractivity contribution in [2.75, 3.05) is 0 Å². The summed E-state index contributed by atoms with van der Waals surface area (Å²) in [5.41, 5.74) is 0.0867.